The maximum absolute atomic E-state index is 13.0. The highest BCUT2D eigenvalue weighted by Crippen LogP contribution is 2.10. The first-order valence-corrected chi connectivity index (χ1v) is 11.9. The van der Waals surface area contributed by atoms with Crippen LogP contribution in [0.25, 0.3) is 0 Å². The monoisotopic (exact) mass is 230 g/mol. The van der Waals surface area contributed by atoms with Gasteiger partial charge in [0.1, 0.15) is 11.6 Å². The molecule has 14 heavy (non-hydrogen) atoms. The first-order valence-electron chi connectivity index (χ1n) is 4.80. The summed E-state index contributed by atoms with van der Waals surface area (Å²) >= 11 is 0. The van der Waals surface area contributed by atoms with Crippen molar-refractivity contribution in [3.8, 4) is 0 Å². The van der Waals surface area contributed by atoms with Gasteiger partial charge in [0.2, 0.25) is 0 Å². The molecule has 1 aromatic carbocycles. The molecule has 0 aliphatic carbocycles. The van der Waals surface area contributed by atoms with Crippen LogP contribution in [0.2, 0.25) is 26.2 Å². The fraction of sp³-hybridized carbons (Fsp3) is 0.400. The van der Waals surface area contributed by atoms with Crippen molar-refractivity contribution in [3.63, 3.8) is 0 Å². The largest absolute Gasteiger partial charge is 0.207 e. The highest BCUT2D eigenvalue weighted by molar-refractivity contribution is 7.37. The van der Waals surface area contributed by atoms with Crippen LogP contribution in [-0.2, 0) is 0 Å². The van der Waals surface area contributed by atoms with Gasteiger partial charge in [0.25, 0.3) is 0 Å². The molecule has 0 aromatic heterocycles. The molecule has 0 atom stereocenters. The van der Waals surface area contributed by atoms with Gasteiger partial charge < -0.3 is 0 Å². The third kappa shape index (κ3) is 2.30. The zero-order valence-electron chi connectivity index (χ0n) is 9.07. The molecule has 0 nitrogen and oxygen atoms in total. The summed E-state index contributed by atoms with van der Waals surface area (Å²) in [5.41, 5.74) is 0. The van der Waals surface area contributed by atoms with Crippen LogP contribution in [0, 0.1) is 11.6 Å². The van der Waals surface area contributed by atoms with Gasteiger partial charge in [0.05, 0.1) is 7.59 Å². The lowest BCUT2D eigenvalue weighted by Crippen LogP contribution is -2.53. The van der Waals surface area contributed by atoms with Gasteiger partial charge in [-0.15, -0.1) is 0 Å². The summed E-state index contributed by atoms with van der Waals surface area (Å²) in [6.45, 7) is 8.88. The summed E-state index contributed by atoms with van der Waals surface area (Å²) in [7, 11) is -2.40. The van der Waals surface area contributed by atoms with Crippen molar-refractivity contribution in [2.75, 3.05) is 0 Å². The van der Waals surface area contributed by atoms with Crippen molar-refractivity contribution in [2.24, 2.45) is 0 Å². The smallest absolute Gasteiger partial charge is 0.125 e. The zero-order valence-corrected chi connectivity index (χ0v) is 11.2. The van der Waals surface area contributed by atoms with Gasteiger partial charge in [-0.25, -0.2) is 8.78 Å². The fourth-order valence-corrected chi connectivity index (χ4v) is 5.45. The average molecular weight is 230 g/mol. The Kier molecular flexibility index (Phi) is 3.26. The lowest BCUT2D eigenvalue weighted by atomic mass is 10.3. The van der Waals surface area contributed by atoms with Gasteiger partial charge in [-0.1, -0.05) is 31.4 Å². The van der Waals surface area contributed by atoms with E-state index >= 15 is 0 Å². The van der Waals surface area contributed by atoms with E-state index in [1.807, 2.05) is 0 Å². The van der Waals surface area contributed by atoms with Gasteiger partial charge in [-0.2, -0.15) is 0 Å². The minimum atomic E-state index is -1.56. The molecule has 0 aliphatic rings. The first-order chi connectivity index (χ1) is 6.34. The van der Waals surface area contributed by atoms with E-state index in [4.69, 9.17) is 0 Å². The second-order valence-corrected chi connectivity index (χ2v) is 18.7. The number of hydrogen-bond donors (Lipinski definition) is 0. The van der Waals surface area contributed by atoms with Crippen LogP contribution in [0.15, 0.2) is 18.2 Å². The van der Waals surface area contributed by atoms with Crippen LogP contribution in [-0.4, -0.2) is 15.9 Å². The summed E-state index contributed by atoms with van der Waals surface area (Å²) in [5.74, 6) is -0.898. The minimum Gasteiger partial charge on any atom is -0.207 e. The topological polar surface area (TPSA) is 0 Å². The molecule has 0 fully saturated rings. The standard InChI is InChI=1S/C10H16F2Si2/c1-13(2)14(3,4)10-6-8(11)5-9(12)7-10/h5-7,13H,1-4H3. The van der Waals surface area contributed by atoms with E-state index < -0.39 is 27.5 Å². The molecule has 0 radical (unpaired) electrons. The predicted molar refractivity (Wildman–Crippen MR) is 62.4 cm³/mol. The number of halogens is 2. The maximum Gasteiger partial charge on any atom is 0.125 e. The Hall–Kier alpha value is -0.486. The van der Waals surface area contributed by atoms with Crippen molar-refractivity contribution >= 4 is 21.1 Å². The van der Waals surface area contributed by atoms with Crippen LogP contribution in [0.5, 0.6) is 0 Å². The molecule has 0 amide bonds. The van der Waals surface area contributed by atoms with Crippen LogP contribution in [0.3, 0.4) is 0 Å². The molecule has 1 aromatic rings. The summed E-state index contributed by atoms with van der Waals surface area (Å²) in [5, 5.41) is 0.914. The SMILES string of the molecule is C[SiH](C)[Si](C)(C)c1cc(F)cc(F)c1. The third-order valence-corrected chi connectivity index (χ3v) is 17.4. The van der Waals surface area contributed by atoms with E-state index in [2.05, 4.69) is 26.2 Å². The quantitative estimate of drug-likeness (QED) is 0.685. The Morgan fingerprint density at radius 2 is 1.43 bits per heavy atom. The predicted octanol–water partition coefficient (Wildman–Crippen LogP) is 2.45. The number of benzene rings is 1. The molecule has 0 spiro atoms. The van der Waals surface area contributed by atoms with E-state index in [0.29, 0.717) is 0 Å². The van der Waals surface area contributed by atoms with Crippen molar-refractivity contribution in [1.82, 2.24) is 0 Å². The van der Waals surface area contributed by atoms with Crippen LogP contribution in [0.4, 0.5) is 8.78 Å². The second-order valence-electron chi connectivity index (χ2n) is 4.53. The Labute approximate surface area is 86.4 Å². The highest BCUT2D eigenvalue weighted by Gasteiger charge is 2.28. The Bertz CT molecular complexity index is 315. The molecule has 0 saturated heterocycles. The molecule has 1 rings (SSSR count). The number of hydrogen-bond acceptors (Lipinski definition) is 0. The fourth-order valence-electron chi connectivity index (χ4n) is 1.26. The van der Waals surface area contributed by atoms with Crippen LogP contribution >= 0.6 is 0 Å². The maximum atomic E-state index is 13.0. The van der Waals surface area contributed by atoms with E-state index in [1.165, 1.54) is 12.1 Å². The Morgan fingerprint density at radius 3 is 1.79 bits per heavy atom. The lowest BCUT2D eigenvalue weighted by molar-refractivity contribution is 0.585. The lowest BCUT2D eigenvalue weighted by Gasteiger charge is -2.26. The summed E-state index contributed by atoms with van der Waals surface area (Å²) in [6, 6.07) is 3.94. The Balaban J connectivity index is 3.18. The second kappa shape index (κ2) is 3.94. The molecule has 0 aliphatic heterocycles. The molecule has 0 N–H and O–H groups in total. The normalized spacial score (nSPS) is 12.2. The van der Waals surface area contributed by atoms with Crippen LogP contribution < -0.4 is 5.19 Å². The molecule has 0 unspecified atom stereocenters. The van der Waals surface area contributed by atoms with E-state index in [0.717, 1.165) is 11.3 Å². The summed E-state index contributed by atoms with van der Waals surface area (Å²) < 4.78 is 26.0. The van der Waals surface area contributed by atoms with E-state index in [1.54, 1.807) is 0 Å². The summed E-state index contributed by atoms with van der Waals surface area (Å²) in [4.78, 5) is 0. The van der Waals surface area contributed by atoms with Crippen molar-refractivity contribution in [1.29, 1.82) is 0 Å². The molecular formula is C10H16F2Si2. The Morgan fingerprint density at radius 1 is 1.00 bits per heavy atom. The molecule has 0 bridgehead atoms. The highest BCUT2D eigenvalue weighted by atomic mass is 29.2. The van der Waals surface area contributed by atoms with Gasteiger partial charge >= 0.3 is 0 Å². The van der Waals surface area contributed by atoms with Crippen LogP contribution in [0.1, 0.15) is 0 Å². The van der Waals surface area contributed by atoms with Gasteiger partial charge in [0, 0.05) is 14.4 Å². The molecule has 78 valence electrons. The zero-order chi connectivity index (χ0) is 10.9. The van der Waals surface area contributed by atoms with Gasteiger partial charge in [0.15, 0.2) is 0 Å². The van der Waals surface area contributed by atoms with Gasteiger partial charge in [-0.05, 0) is 12.1 Å². The summed E-state index contributed by atoms with van der Waals surface area (Å²) in [6.07, 6.45) is 0. The molecule has 0 heterocycles. The molecule has 0 saturated carbocycles. The first kappa shape index (κ1) is 11.6. The minimum absolute atomic E-state index is 0.449. The van der Waals surface area contributed by atoms with E-state index in [-0.39, 0.29) is 0 Å². The average Bonchev–Trinajstić information content (AvgIpc) is 2.01. The van der Waals surface area contributed by atoms with E-state index in [9.17, 15) is 8.78 Å². The van der Waals surface area contributed by atoms with Crippen molar-refractivity contribution < 1.29 is 8.78 Å². The molecule has 4 heteroatoms. The molecular weight excluding hydrogens is 214 g/mol. The van der Waals surface area contributed by atoms with Gasteiger partial charge in [-0.3, -0.25) is 0 Å². The third-order valence-electron chi connectivity index (χ3n) is 3.05. The number of rotatable bonds is 2. The van der Waals surface area contributed by atoms with Crippen molar-refractivity contribution in [3.05, 3.63) is 29.8 Å². The van der Waals surface area contributed by atoms with Crippen molar-refractivity contribution in [2.45, 2.75) is 26.2 Å².